The number of likely N-dealkylation sites (tertiary alicyclic amines) is 1. The summed E-state index contributed by atoms with van der Waals surface area (Å²) < 4.78 is 1.08. The Balaban J connectivity index is 1.51. The van der Waals surface area contributed by atoms with Crippen molar-refractivity contribution in [3.8, 4) is 0 Å². The third kappa shape index (κ3) is 5.13. The molecule has 0 bridgehead atoms. The van der Waals surface area contributed by atoms with E-state index in [4.69, 9.17) is 16.6 Å². The normalized spacial score (nSPS) is 16.9. The molecule has 1 aliphatic heterocycles. The van der Waals surface area contributed by atoms with E-state index in [9.17, 15) is 0 Å². The van der Waals surface area contributed by atoms with Crippen LogP contribution in [0.4, 0.5) is 0 Å². The van der Waals surface area contributed by atoms with Gasteiger partial charge in [0, 0.05) is 35.0 Å². The average Bonchev–Trinajstić information content (AvgIpc) is 2.77. The largest absolute Gasteiger partial charge is 0.292 e. The molecule has 0 amide bonds. The van der Waals surface area contributed by atoms with Crippen LogP contribution in [-0.4, -0.2) is 35.2 Å². The van der Waals surface area contributed by atoms with Crippen molar-refractivity contribution < 1.29 is 0 Å². The van der Waals surface area contributed by atoms with E-state index in [2.05, 4.69) is 62.2 Å². The fourth-order valence-corrected chi connectivity index (χ4v) is 4.36. The van der Waals surface area contributed by atoms with E-state index in [1.165, 1.54) is 5.56 Å². The van der Waals surface area contributed by atoms with Gasteiger partial charge in [-0.2, -0.15) is 0 Å². The molecule has 1 atom stereocenters. The number of benzene rings is 2. The summed E-state index contributed by atoms with van der Waals surface area (Å²) in [5.41, 5.74) is 3.34. The van der Waals surface area contributed by atoms with Crippen molar-refractivity contribution >= 4 is 33.7 Å². The Bertz CT molecular complexity index is 951. The summed E-state index contributed by atoms with van der Waals surface area (Å²) in [7, 11) is 0. The van der Waals surface area contributed by atoms with Gasteiger partial charge in [-0.05, 0) is 54.3 Å². The van der Waals surface area contributed by atoms with Crippen LogP contribution in [0.5, 0.6) is 0 Å². The fraction of sp³-hybridized carbons (Fsp3) is 0.250. The number of halogens is 2. The Morgan fingerprint density at radius 2 is 1.72 bits per heavy atom. The van der Waals surface area contributed by atoms with Crippen molar-refractivity contribution in [3.05, 3.63) is 99.2 Å². The molecular formula is C24H23BrClN3. The molecule has 0 aliphatic carbocycles. The van der Waals surface area contributed by atoms with Crippen molar-refractivity contribution in [2.75, 3.05) is 13.1 Å². The molecule has 0 saturated carbocycles. The number of hydrogen-bond acceptors (Lipinski definition) is 3. The van der Waals surface area contributed by atoms with Crippen molar-refractivity contribution in [1.82, 2.24) is 9.88 Å². The van der Waals surface area contributed by atoms with Gasteiger partial charge < -0.3 is 0 Å². The number of nitrogens with zero attached hydrogens (tertiary/aromatic N) is 3. The van der Waals surface area contributed by atoms with E-state index >= 15 is 0 Å². The van der Waals surface area contributed by atoms with Crippen LogP contribution in [0.2, 0.25) is 5.02 Å². The highest BCUT2D eigenvalue weighted by molar-refractivity contribution is 9.10. The summed E-state index contributed by atoms with van der Waals surface area (Å²) >= 11 is 10.1. The third-order valence-corrected chi connectivity index (χ3v) is 6.23. The summed E-state index contributed by atoms with van der Waals surface area (Å²) in [6.07, 6.45) is 5.76. The van der Waals surface area contributed by atoms with Gasteiger partial charge in [-0.3, -0.25) is 14.9 Å². The number of pyridine rings is 1. The molecule has 1 unspecified atom stereocenters. The first-order valence-corrected chi connectivity index (χ1v) is 11.1. The summed E-state index contributed by atoms with van der Waals surface area (Å²) in [4.78, 5) is 11.6. The van der Waals surface area contributed by atoms with Gasteiger partial charge in [0.1, 0.15) is 0 Å². The maximum absolute atomic E-state index is 6.60. The molecule has 148 valence electrons. The quantitative estimate of drug-likeness (QED) is 0.419. The molecule has 29 heavy (non-hydrogen) atoms. The molecular weight excluding hydrogens is 446 g/mol. The van der Waals surface area contributed by atoms with E-state index in [1.54, 1.807) is 6.20 Å². The lowest BCUT2D eigenvalue weighted by atomic mass is 9.94. The zero-order chi connectivity index (χ0) is 20.1. The summed E-state index contributed by atoms with van der Waals surface area (Å²) in [6, 6.07) is 23.1. The molecule has 0 spiro atoms. The Hall–Kier alpha value is -2.01. The van der Waals surface area contributed by atoms with E-state index < -0.39 is 0 Å². The Morgan fingerprint density at radius 1 is 1.00 bits per heavy atom. The Morgan fingerprint density at radius 3 is 2.41 bits per heavy atom. The lowest BCUT2D eigenvalue weighted by Gasteiger charge is -2.37. The molecule has 1 saturated heterocycles. The van der Waals surface area contributed by atoms with Crippen LogP contribution in [-0.2, 0) is 0 Å². The van der Waals surface area contributed by atoms with Gasteiger partial charge in [-0.15, -0.1) is 0 Å². The second kappa shape index (κ2) is 9.66. The first-order valence-electron chi connectivity index (χ1n) is 9.89. The maximum Gasteiger partial charge on any atom is 0.0807 e. The lowest BCUT2D eigenvalue weighted by molar-refractivity contribution is 0.175. The van der Waals surface area contributed by atoms with Gasteiger partial charge in [0.25, 0.3) is 0 Å². The highest BCUT2D eigenvalue weighted by Gasteiger charge is 2.28. The topological polar surface area (TPSA) is 28.5 Å². The van der Waals surface area contributed by atoms with E-state index in [-0.39, 0.29) is 6.04 Å². The number of piperidine rings is 1. The predicted octanol–water partition coefficient (Wildman–Crippen LogP) is 6.17. The van der Waals surface area contributed by atoms with Gasteiger partial charge in [0.15, 0.2) is 0 Å². The summed E-state index contributed by atoms with van der Waals surface area (Å²) in [6.45, 7) is 1.96. The highest BCUT2D eigenvalue weighted by Crippen LogP contribution is 2.35. The number of aromatic nitrogens is 1. The molecule has 2 aromatic carbocycles. The minimum atomic E-state index is 0.150. The first kappa shape index (κ1) is 20.3. The number of aliphatic imine (C=N–C) groups is 1. The minimum Gasteiger partial charge on any atom is -0.292 e. The van der Waals surface area contributed by atoms with Crippen LogP contribution in [0.25, 0.3) is 0 Å². The van der Waals surface area contributed by atoms with Crippen molar-refractivity contribution in [2.24, 2.45) is 4.99 Å². The second-order valence-electron chi connectivity index (χ2n) is 7.28. The highest BCUT2D eigenvalue weighted by atomic mass is 79.9. The molecule has 1 aromatic heterocycles. The van der Waals surface area contributed by atoms with Crippen LogP contribution in [0.1, 0.15) is 35.7 Å². The van der Waals surface area contributed by atoms with Gasteiger partial charge in [0.2, 0.25) is 0 Å². The van der Waals surface area contributed by atoms with Crippen LogP contribution in [0, 0.1) is 0 Å². The molecule has 4 rings (SSSR count). The van der Waals surface area contributed by atoms with E-state index in [0.717, 1.165) is 46.7 Å². The standard InChI is InChI=1S/C24H23BrClN3/c25-19-10-8-18(9-11-19)24(22-6-1-2-7-23(22)26)29-15-12-20(13-16-29)28-17-21-5-3-4-14-27-21/h1-11,14,17,20,24H,12-13,15-16H2/b28-17+. The molecule has 5 heteroatoms. The lowest BCUT2D eigenvalue weighted by Crippen LogP contribution is -2.38. The molecule has 3 nitrogen and oxygen atoms in total. The summed E-state index contributed by atoms with van der Waals surface area (Å²) in [5, 5.41) is 0.815. The molecule has 3 aromatic rings. The number of rotatable bonds is 5. The minimum absolute atomic E-state index is 0.150. The summed E-state index contributed by atoms with van der Waals surface area (Å²) in [5.74, 6) is 0. The van der Waals surface area contributed by atoms with E-state index in [0.29, 0.717) is 6.04 Å². The zero-order valence-corrected chi connectivity index (χ0v) is 18.4. The Labute approximate surface area is 185 Å². The molecule has 1 fully saturated rings. The van der Waals surface area contributed by atoms with Crippen molar-refractivity contribution in [2.45, 2.75) is 24.9 Å². The van der Waals surface area contributed by atoms with Crippen LogP contribution >= 0.6 is 27.5 Å². The first-order chi connectivity index (χ1) is 14.2. The van der Waals surface area contributed by atoms with Crippen molar-refractivity contribution in [1.29, 1.82) is 0 Å². The third-order valence-electron chi connectivity index (χ3n) is 5.36. The molecule has 0 radical (unpaired) electrons. The van der Waals surface area contributed by atoms with Gasteiger partial charge in [-0.1, -0.05) is 63.9 Å². The van der Waals surface area contributed by atoms with Crippen molar-refractivity contribution in [3.63, 3.8) is 0 Å². The Kier molecular flexibility index (Phi) is 6.75. The van der Waals surface area contributed by atoms with Crippen LogP contribution in [0.3, 0.4) is 0 Å². The second-order valence-corrected chi connectivity index (χ2v) is 8.60. The van der Waals surface area contributed by atoms with Crippen LogP contribution in [0.15, 0.2) is 82.4 Å². The smallest absolute Gasteiger partial charge is 0.0807 e. The van der Waals surface area contributed by atoms with Gasteiger partial charge in [0.05, 0.1) is 17.8 Å². The molecule has 0 N–H and O–H groups in total. The SMILES string of the molecule is Clc1ccccc1C(c1ccc(Br)cc1)N1CCC(/N=C/c2ccccn2)CC1. The van der Waals surface area contributed by atoms with Crippen LogP contribution < -0.4 is 0 Å². The molecule has 1 aliphatic rings. The van der Waals surface area contributed by atoms with E-state index in [1.807, 2.05) is 36.5 Å². The fourth-order valence-electron chi connectivity index (χ4n) is 3.86. The average molecular weight is 469 g/mol. The predicted molar refractivity (Wildman–Crippen MR) is 124 cm³/mol. The maximum atomic E-state index is 6.60. The monoisotopic (exact) mass is 467 g/mol. The number of hydrogen-bond donors (Lipinski definition) is 0. The molecule has 2 heterocycles. The zero-order valence-electron chi connectivity index (χ0n) is 16.1. The van der Waals surface area contributed by atoms with Gasteiger partial charge >= 0.3 is 0 Å². The van der Waals surface area contributed by atoms with Gasteiger partial charge in [-0.25, -0.2) is 0 Å².